The van der Waals surface area contributed by atoms with Crippen molar-refractivity contribution in [1.82, 2.24) is 0 Å². The number of carbonyl (C=O) groups excluding carboxylic acids is 1. The highest BCUT2D eigenvalue weighted by molar-refractivity contribution is 6.03. The zero-order chi connectivity index (χ0) is 15.1. The second-order valence-corrected chi connectivity index (χ2v) is 6.12. The van der Waals surface area contributed by atoms with Crippen LogP contribution in [0.2, 0.25) is 0 Å². The third-order valence-corrected chi connectivity index (χ3v) is 3.37. The Balaban J connectivity index is 2.43. The Kier molecular flexibility index (Phi) is 3.56. The molecule has 1 aliphatic heterocycles. The van der Waals surface area contributed by atoms with Gasteiger partial charge < -0.3 is 4.74 Å². The standard InChI is InChI=1S/C15H17F3O2/c1-14(2,3)10-5-4-6-11-12(10)13(19)9(8-20-11)7-15(16,17)18/h4-6,9H,7-8H2,1-3H3. The van der Waals surface area contributed by atoms with E-state index < -0.39 is 24.3 Å². The number of carbonyl (C=O) groups is 1. The van der Waals surface area contributed by atoms with Crippen LogP contribution < -0.4 is 4.74 Å². The molecule has 0 amide bonds. The highest BCUT2D eigenvalue weighted by Crippen LogP contribution is 2.38. The van der Waals surface area contributed by atoms with Gasteiger partial charge in [0.1, 0.15) is 5.75 Å². The predicted octanol–water partition coefficient (Wildman–Crippen LogP) is 4.13. The van der Waals surface area contributed by atoms with Crippen molar-refractivity contribution in [1.29, 1.82) is 0 Å². The van der Waals surface area contributed by atoms with Gasteiger partial charge in [-0.15, -0.1) is 0 Å². The van der Waals surface area contributed by atoms with Gasteiger partial charge in [-0.05, 0) is 17.0 Å². The fourth-order valence-electron chi connectivity index (χ4n) is 2.43. The molecular weight excluding hydrogens is 269 g/mol. The first-order valence-corrected chi connectivity index (χ1v) is 6.47. The van der Waals surface area contributed by atoms with Crippen molar-refractivity contribution in [2.75, 3.05) is 6.61 Å². The highest BCUT2D eigenvalue weighted by Gasteiger charge is 2.40. The van der Waals surface area contributed by atoms with Crippen molar-refractivity contribution in [3.8, 4) is 5.75 Å². The van der Waals surface area contributed by atoms with E-state index in [4.69, 9.17) is 4.74 Å². The van der Waals surface area contributed by atoms with Gasteiger partial charge in [-0.3, -0.25) is 4.79 Å². The monoisotopic (exact) mass is 286 g/mol. The minimum absolute atomic E-state index is 0.209. The molecule has 1 unspecified atom stereocenters. The molecule has 1 atom stereocenters. The van der Waals surface area contributed by atoms with Gasteiger partial charge in [0, 0.05) is 0 Å². The first-order valence-electron chi connectivity index (χ1n) is 6.47. The number of alkyl halides is 3. The van der Waals surface area contributed by atoms with E-state index in [2.05, 4.69) is 0 Å². The van der Waals surface area contributed by atoms with Crippen LogP contribution in [-0.2, 0) is 5.41 Å². The largest absolute Gasteiger partial charge is 0.492 e. The van der Waals surface area contributed by atoms with E-state index in [1.807, 2.05) is 20.8 Å². The number of Topliss-reactive ketones (excluding diaryl/α,β-unsaturated/α-hetero) is 1. The van der Waals surface area contributed by atoms with Crippen molar-refractivity contribution in [2.45, 2.75) is 38.8 Å². The summed E-state index contributed by atoms with van der Waals surface area (Å²) in [5, 5.41) is 0. The normalized spacial score (nSPS) is 19.5. The molecule has 5 heteroatoms. The fraction of sp³-hybridized carbons (Fsp3) is 0.533. The summed E-state index contributed by atoms with van der Waals surface area (Å²) in [5.74, 6) is -1.22. The average Bonchev–Trinajstić information content (AvgIpc) is 2.29. The van der Waals surface area contributed by atoms with Crippen LogP contribution in [0.1, 0.15) is 43.1 Å². The van der Waals surface area contributed by atoms with Gasteiger partial charge in [-0.25, -0.2) is 0 Å². The molecule has 110 valence electrons. The number of halogens is 3. The van der Waals surface area contributed by atoms with E-state index in [0.29, 0.717) is 11.3 Å². The minimum Gasteiger partial charge on any atom is -0.492 e. The fourth-order valence-corrected chi connectivity index (χ4v) is 2.43. The number of benzene rings is 1. The maximum absolute atomic E-state index is 12.5. The molecule has 0 aromatic heterocycles. The van der Waals surface area contributed by atoms with Gasteiger partial charge in [0.25, 0.3) is 0 Å². The van der Waals surface area contributed by atoms with Crippen LogP contribution in [0.15, 0.2) is 18.2 Å². The number of hydrogen-bond acceptors (Lipinski definition) is 2. The molecule has 0 radical (unpaired) electrons. The number of ketones is 1. The molecule has 20 heavy (non-hydrogen) atoms. The number of hydrogen-bond donors (Lipinski definition) is 0. The molecule has 0 N–H and O–H groups in total. The van der Waals surface area contributed by atoms with Crippen LogP contribution in [-0.4, -0.2) is 18.6 Å². The summed E-state index contributed by atoms with van der Waals surface area (Å²) < 4.78 is 42.9. The number of fused-ring (bicyclic) bond motifs is 1. The molecule has 2 nitrogen and oxygen atoms in total. The van der Waals surface area contributed by atoms with Gasteiger partial charge in [0.05, 0.1) is 24.5 Å². The highest BCUT2D eigenvalue weighted by atomic mass is 19.4. The van der Waals surface area contributed by atoms with Crippen molar-refractivity contribution >= 4 is 5.78 Å². The third kappa shape index (κ3) is 2.97. The molecule has 0 spiro atoms. The zero-order valence-corrected chi connectivity index (χ0v) is 11.7. The molecule has 0 saturated heterocycles. The topological polar surface area (TPSA) is 26.3 Å². The van der Waals surface area contributed by atoms with E-state index in [9.17, 15) is 18.0 Å². The van der Waals surface area contributed by atoms with E-state index in [1.54, 1.807) is 18.2 Å². The molecule has 2 rings (SSSR count). The van der Waals surface area contributed by atoms with Crippen LogP contribution in [0.4, 0.5) is 13.2 Å². The number of ether oxygens (including phenoxy) is 1. The van der Waals surface area contributed by atoms with Crippen molar-refractivity contribution in [3.05, 3.63) is 29.3 Å². The van der Waals surface area contributed by atoms with E-state index in [-0.39, 0.29) is 12.0 Å². The third-order valence-electron chi connectivity index (χ3n) is 3.37. The molecule has 0 fully saturated rings. The van der Waals surface area contributed by atoms with Crippen molar-refractivity contribution in [3.63, 3.8) is 0 Å². The van der Waals surface area contributed by atoms with E-state index in [0.717, 1.165) is 5.56 Å². The lowest BCUT2D eigenvalue weighted by Gasteiger charge is -2.30. The second-order valence-electron chi connectivity index (χ2n) is 6.12. The first kappa shape index (κ1) is 14.9. The molecule has 1 aromatic rings. The van der Waals surface area contributed by atoms with Gasteiger partial charge in [-0.2, -0.15) is 13.2 Å². The summed E-state index contributed by atoms with van der Waals surface area (Å²) >= 11 is 0. The van der Waals surface area contributed by atoms with Gasteiger partial charge in [0.2, 0.25) is 0 Å². The summed E-state index contributed by atoms with van der Waals surface area (Å²) in [5.41, 5.74) is 0.706. The maximum atomic E-state index is 12.5. The lowest BCUT2D eigenvalue weighted by molar-refractivity contribution is -0.143. The predicted molar refractivity (Wildman–Crippen MR) is 69.1 cm³/mol. The summed E-state index contributed by atoms with van der Waals surface area (Å²) in [6.07, 6.45) is -5.50. The Morgan fingerprint density at radius 2 is 1.90 bits per heavy atom. The first-order chi connectivity index (χ1) is 9.09. The molecule has 1 aliphatic rings. The zero-order valence-electron chi connectivity index (χ0n) is 11.7. The summed E-state index contributed by atoms with van der Waals surface area (Å²) in [7, 11) is 0. The van der Waals surface area contributed by atoms with Crippen LogP contribution >= 0.6 is 0 Å². The number of rotatable bonds is 1. The van der Waals surface area contributed by atoms with Crippen molar-refractivity contribution < 1.29 is 22.7 Å². The Bertz CT molecular complexity index is 527. The smallest absolute Gasteiger partial charge is 0.389 e. The van der Waals surface area contributed by atoms with Crippen molar-refractivity contribution in [2.24, 2.45) is 5.92 Å². The lowest BCUT2D eigenvalue weighted by Crippen LogP contribution is -2.34. The van der Waals surface area contributed by atoms with E-state index in [1.165, 1.54) is 0 Å². The van der Waals surface area contributed by atoms with Gasteiger partial charge >= 0.3 is 6.18 Å². The van der Waals surface area contributed by atoms with Gasteiger partial charge in [-0.1, -0.05) is 32.9 Å². The lowest BCUT2D eigenvalue weighted by atomic mass is 9.79. The van der Waals surface area contributed by atoms with E-state index >= 15 is 0 Å². The minimum atomic E-state index is -4.36. The van der Waals surface area contributed by atoms with Crippen LogP contribution in [0.25, 0.3) is 0 Å². The Morgan fingerprint density at radius 1 is 1.25 bits per heavy atom. The summed E-state index contributed by atoms with van der Waals surface area (Å²) in [4.78, 5) is 12.4. The Morgan fingerprint density at radius 3 is 2.45 bits per heavy atom. The van der Waals surface area contributed by atoms with Crippen LogP contribution in [0.5, 0.6) is 5.75 Å². The summed E-state index contributed by atoms with van der Waals surface area (Å²) in [6, 6.07) is 5.17. The Hall–Kier alpha value is -1.52. The van der Waals surface area contributed by atoms with Crippen LogP contribution in [0, 0.1) is 5.92 Å². The van der Waals surface area contributed by atoms with Gasteiger partial charge in [0.15, 0.2) is 5.78 Å². The molecule has 1 heterocycles. The Labute approximate surface area is 115 Å². The molecule has 0 aliphatic carbocycles. The maximum Gasteiger partial charge on any atom is 0.389 e. The average molecular weight is 286 g/mol. The van der Waals surface area contributed by atoms with Crippen LogP contribution in [0.3, 0.4) is 0 Å². The SMILES string of the molecule is CC(C)(C)c1cccc2c1C(=O)C(CC(F)(F)F)CO2. The quantitative estimate of drug-likeness (QED) is 0.776. The molecule has 1 aromatic carbocycles. The second kappa shape index (κ2) is 4.79. The molecule has 0 saturated carbocycles. The molecule has 0 bridgehead atoms. The summed E-state index contributed by atoms with van der Waals surface area (Å²) in [6.45, 7) is 5.55. The molecular formula is C15H17F3O2.